The van der Waals surface area contributed by atoms with Gasteiger partial charge in [-0.2, -0.15) is 5.26 Å². The van der Waals surface area contributed by atoms with Crippen LogP contribution in [0.5, 0.6) is 0 Å². The Balaban J connectivity index is 1.61. The Morgan fingerprint density at radius 3 is 2.43 bits per heavy atom. The van der Waals surface area contributed by atoms with Crippen LogP contribution in [0.1, 0.15) is 40.6 Å². The number of aryl methyl sites for hydroxylation is 3. The number of fused-ring (bicyclic) bond motifs is 2. The van der Waals surface area contributed by atoms with Crippen LogP contribution in [0.2, 0.25) is 25.7 Å². The van der Waals surface area contributed by atoms with Gasteiger partial charge in [0.05, 0.1) is 33.1 Å². The van der Waals surface area contributed by atoms with Crippen LogP contribution in [0.3, 0.4) is 0 Å². The number of aromatic nitrogens is 3. The Morgan fingerprint density at radius 1 is 1.02 bits per heavy atom. The average molecular weight is 599 g/mol. The van der Waals surface area contributed by atoms with Crippen molar-refractivity contribution in [3.05, 3.63) is 94.4 Å². The van der Waals surface area contributed by atoms with Gasteiger partial charge >= 0.3 is 0 Å². The van der Waals surface area contributed by atoms with Crippen LogP contribution >= 0.6 is 0 Å². The van der Waals surface area contributed by atoms with Crippen molar-refractivity contribution >= 4 is 40.0 Å². The third-order valence-corrected chi connectivity index (χ3v) is 11.2. The molecule has 0 bridgehead atoms. The molecule has 0 saturated heterocycles. The highest BCUT2D eigenvalue weighted by atomic mass is 32.2. The number of hydrogen-bond donors (Lipinski definition) is 0. The highest BCUT2D eigenvalue weighted by Gasteiger charge is 2.24. The largest absolute Gasteiger partial charge is 0.361 e. The molecule has 2 heterocycles. The maximum absolute atomic E-state index is 13.8. The van der Waals surface area contributed by atoms with E-state index in [1.165, 1.54) is 3.97 Å². The van der Waals surface area contributed by atoms with Crippen LogP contribution in [0.15, 0.2) is 65.7 Å². The fraction of sp³-hybridized carbons (Fsp3) is 0.333. The number of ether oxygens (including phenoxy) is 1. The zero-order valence-corrected chi connectivity index (χ0v) is 27.0. The Labute approximate surface area is 249 Å². The topological polar surface area (TPSA) is 89.9 Å². The normalized spacial score (nSPS) is 12.3. The van der Waals surface area contributed by atoms with E-state index in [9.17, 15) is 13.7 Å². The average Bonchev–Trinajstić information content (AvgIpc) is 3.54. The molecule has 0 fully saturated rings. The zero-order chi connectivity index (χ0) is 30.2. The van der Waals surface area contributed by atoms with Gasteiger partial charge in [-0.3, -0.25) is 0 Å². The lowest BCUT2D eigenvalue weighted by Gasteiger charge is -2.17. The molecule has 5 rings (SSSR count). The van der Waals surface area contributed by atoms with Crippen LogP contribution < -0.4 is 0 Å². The SMILES string of the molecule is CCc1cc(C)c2c(ccn2S(=O)(=O)c2ccc(C)cc2)c1Cc1nc2cc(C#N)ccc2n1COCC[Si](C)(C)C. The minimum absolute atomic E-state index is 0.261. The van der Waals surface area contributed by atoms with Crippen LogP contribution in [-0.4, -0.2) is 36.6 Å². The van der Waals surface area contributed by atoms with E-state index in [0.29, 0.717) is 30.8 Å². The quantitative estimate of drug-likeness (QED) is 0.125. The van der Waals surface area contributed by atoms with E-state index in [0.717, 1.165) is 57.0 Å². The van der Waals surface area contributed by atoms with Gasteiger partial charge in [0.1, 0.15) is 12.6 Å². The van der Waals surface area contributed by atoms with Crippen molar-refractivity contribution in [3.8, 4) is 6.07 Å². The second-order valence-electron chi connectivity index (χ2n) is 12.2. The molecule has 5 aromatic rings. The van der Waals surface area contributed by atoms with Gasteiger partial charge < -0.3 is 9.30 Å². The summed E-state index contributed by atoms with van der Waals surface area (Å²) in [5.74, 6) is 0.821. The van der Waals surface area contributed by atoms with Crippen molar-refractivity contribution in [2.75, 3.05) is 6.61 Å². The summed E-state index contributed by atoms with van der Waals surface area (Å²) in [4.78, 5) is 5.24. The number of nitriles is 1. The lowest BCUT2D eigenvalue weighted by Crippen LogP contribution is -2.22. The Kier molecular flexibility index (Phi) is 8.16. The first kappa shape index (κ1) is 29.8. The van der Waals surface area contributed by atoms with E-state index in [2.05, 4.69) is 43.3 Å². The molecule has 0 unspecified atom stereocenters. The van der Waals surface area contributed by atoms with E-state index in [4.69, 9.17) is 9.72 Å². The maximum atomic E-state index is 13.8. The lowest BCUT2D eigenvalue weighted by molar-refractivity contribution is 0.0881. The summed E-state index contributed by atoms with van der Waals surface area (Å²) in [6.45, 7) is 14.1. The first-order valence-electron chi connectivity index (χ1n) is 14.3. The Bertz CT molecular complexity index is 1920. The summed E-state index contributed by atoms with van der Waals surface area (Å²) >= 11 is 0. The van der Waals surface area contributed by atoms with Gasteiger partial charge in [-0.15, -0.1) is 0 Å². The monoisotopic (exact) mass is 598 g/mol. The second kappa shape index (κ2) is 11.5. The molecule has 0 aliphatic heterocycles. The molecule has 0 saturated carbocycles. The molecule has 3 aromatic carbocycles. The summed E-state index contributed by atoms with van der Waals surface area (Å²) < 4.78 is 37.2. The van der Waals surface area contributed by atoms with Crippen LogP contribution in [-0.2, 0) is 34.3 Å². The number of rotatable bonds is 10. The minimum Gasteiger partial charge on any atom is -0.361 e. The number of imidazole rings is 1. The van der Waals surface area contributed by atoms with Gasteiger partial charge in [-0.25, -0.2) is 17.4 Å². The van der Waals surface area contributed by atoms with E-state index < -0.39 is 18.1 Å². The fourth-order valence-electron chi connectivity index (χ4n) is 5.40. The molecule has 0 spiro atoms. The van der Waals surface area contributed by atoms with Crippen molar-refractivity contribution in [1.82, 2.24) is 13.5 Å². The van der Waals surface area contributed by atoms with E-state index >= 15 is 0 Å². The van der Waals surface area contributed by atoms with E-state index in [1.54, 1.807) is 18.3 Å². The van der Waals surface area contributed by atoms with E-state index in [-0.39, 0.29) is 4.90 Å². The standard InChI is InChI=1S/C33H38N4O3SSi/c1-7-26-18-24(3)33-28(14-15-37(33)41(38,39)27-11-8-23(2)9-12-27)29(26)20-32-35-30-19-25(21-34)10-13-31(30)36(32)22-40-16-17-42(4,5)6/h8-15,18-19H,7,16-17,20,22H2,1-6H3. The first-order chi connectivity index (χ1) is 19.9. The van der Waals surface area contributed by atoms with Gasteiger partial charge in [0.15, 0.2) is 0 Å². The Morgan fingerprint density at radius 2 is 1.76 bits per heavy atom. The molecule has 0 radical (unpaired) electrons. The van der Waals surface area contributed by atoms with Crippen molar-refractivity contribution in [3.63, 3.8) is 0 Å². The third-order valence-electron chi connectivity index (χ3n) is 7.80. The summed E-state index contributed by atoms with van der Waals surface area (Å²) in [7, 11) is -5.03. The lowest BCUT2D eigenvalue weighted by atomic mass is 9.95. The molecule has 218 valence electrons. The molecule has 0 amide bonds. The summed E-state index contributed by atoms with van der Waals surface area (Å²) in [6.07, 6.45) is 2.97. The maximum Gasteiger partial charge on any atom is 0.268 e. The predicted octanol–water partition coefficient (Wildman–Crippen LogP) is 7.18. The van der Waals surface area contributed by atoms with Crippen molar-refractivity contribution in [1.29, 1.82) is 5.26 Å². The first-order valence-corrected chi connectivity index (χ1v) is 19.5. The molecular weight excluding hydrogens is 561 g/mol. The number of hydrogen-bond acceptors (Lipinski definition) is 5. The highest BCUT2D eigenvalue weighted by Crippen LogP contribution is 2.33. The molecule has 0 aliphatic carbocycles. The third kappa shape index (κ3) is 5.80. The summed E-state index contributed by atoms with van der Waals surface area (Å²) in [6, 6.07) is 19.8. The summed E-state index contributed by atoms with van der Waals surface area (Å²) in [5, 5.41) is 10.4. The Hall–Kier alpha value is -3.71. The number of nitrogens with zero attached hydrogens (tertiary/aromatic N) is 4. The molecular formula is C33H38N4O3SSi. The molecule has 0 N–H and O–H groups in total. The van der Waals surface area contributed by atoms with Gasteiger partial charge in [0.2, 0.25) is 0 Å². The predicted molar refractivity (Wildman–Crippen MR) is 171 cm³/mol. The van der Waals surface area contributed by atoms with Gasteiger partial charge in [-0.05, 0) is 79.4 Å². The fourth-order valence-corrected chi connectivity index (χ4v) is 7.57. The molecule has 2 aromatic heterocycles. The molecule has 0 atom stereocenters. The molecule has 9 heteroatoms. The number of benzene rings is 3. The van der Waals surface area contributed by atoms with Crippen LogP contribution in [0.4, 0.5) is 0 Å². The second-order valence-corrected chi connectivity index (χ2v) is 19.6. The minimum atomic E-state index is -3.79. The highest BCUT2D eigenvalue weighted by molar-refractivity contribution is 7.90. The van der Waals surface area contributed by atoms with Crippen LogP contribution in [0, 0.1) is 25.2 Å². The molecule has 42 heavy (non-hydrogen) atoms. The van der Waals surface area contributed by atoms with Gasteiger partial charge in [0.25, 0.3) is 10.0 Å². The molecule has 7 nitrogen and oxygen atoms in total. The van der Waals surface area contributed by atoms with Gasteiger partial charge in [0, 0.05) is 32.7 Å². The zero-order valence-electron chi connectivity index (χ0n) is 25.2. The van der Waals surface area contributed by atoms with Crippen molar-refractivity contribution in [2.45, 2.75) is 70.9 Å². The van der Waals surface area contributed by atoms with Crippen LogP contribution in [0.25, 0.3) is 21.9 Å². The van der Waals surface area contributed by atoms with Crippen molar-refractivity contribution < 1.29 is 13.2 Å². The summed E-state index contributed by atoms with van der Waals surface area (Å²) in [5.41, 5.74) is 7.03. The van der Waals surface area contributed by atoms with Gasteiger partial charge in [-0.1, -0.05) is 50.3 Å². The van der Waals surface area contributed by atoms with Crippen molar-refractivity contribution in [2.24, 2.45) is 0 Å². The smallest absolute Gasteiger partial charge is 0.268 e. The van der Waals surface area contributed by atoms with E-state index in [1.807, 2.05) is 50.2 Å². The molecule has 0 aliphatic rings.